The molecule has 0 heterocycles. The second-order valence-electron chi connectivity index (χ2n) is 8.04. The van der Waals surface area contributed by atoms with Crippen molar-refractivity contribution in [3.8, 4) is 5.75 Å². The molecule has 0 atom stereocenters. The number of sulfonamides is 1. The van der Waals surface area contributed by atoms with Gasteiger partial charge in [-0.3, -0.25) is 9.52 Å². The van der Waals surface area contributed by atoms with Crippen LogP contribution < -0.4 is 14.8 Å². The summed E-state index contributed by atoms with van der Waals surface area (Å²) in [5, 5.41) is 2.81. The fourth-order valence-electron chi connectivity index (χ4n) is 3.26. The highest BCUT2D eigenvalue weighted by atomic mass is 32.2. The molecule has 0 fully saturated rings. The Hall–Kier alpha value is -3.32. The van der Waals surface area contributed by atoms with Crippen LogP contribution in [0.4, 0.5) is 11.4 Å². The Balaban J connectivity index is 1.57. The van der Waals surface area contributed by atoms with E-state index in [2.05, 4.69) is 17.0 Å². The van der Waals surface area contributed by atoms with Gasteiger partial charge in [-0.15, -0.1) is 0 Å². The van der Waals surface area contributed by atoms with E-state index in [1.165, 1.54) is 17.7 Å². The smallest absolute Gasteiger partial charge is 0.262 e. The van der Waals surface area contributed by atoms with Crippen LogP contribution in [0.15, 0.2) is 71.6 Å². The number of amides is 1. The lowest BCUT2D eigenvalue weighted by Crippen LogP contribution is -2.20. The van der Waals surface area contributed by atoms with Gasteiger partial charge in [0.15, 0.2) is 6.61 Å². The van der Waals surface area contributed by atoms with E-state index in [9.17, 15) is 13.2 Å². The minimum Gasteiger partial charge on any atom is -0.483 e. The molecule has 2 N–H and O–H groups in total. The number of aryl methyl sites for hydroxylation is 3. The second kappa shape index (κ2) is 11.0. The van der Waals surface area contributed by atoms with Crippen LogP contribution in [0.25, 0.3) is 0 Å². The number of hydrogen-bond donors (Lipinski definition) is 2. The van der Waals surface area contributed by atoms with Gasteiger partial charge in [0, 0.05) is 11.4 Å². The standard InChI is InChI=1S/C26H30N2O4S/c1-4-5-6-21-9-13-22(14-10-21)27-26(29)18-32-25-16-15-24(17-20(25)3)33(30,31)28-23-11-7-19(2)8-12-23/h7-17,28H,4-6,18H2,1-3H3,(H,27,29). The molecule has 0 aliphatic carbocycles. The summed E-state index contributed by atoms with van der Waals surface area (Å²) in [6.45, 7) is 5.66. The zero-order valence-electron chi connectivity index (χ0n) is 19.2. The Morgan fingerprint density at radius 3 is 2.21 bits per heavy atom. The van der Waals surface area contributed by atoms with Crippen molar-refractivity contribution in [2.24, 2.45) is 0 Å². The predicted molar refractivity (Wildman–Crippen MR) is 132 cm³/mol. The highest BCUT2D eigenvalue weighted by Crippen LogP contribution is 2.24. The Labute approximate surface area is 196 Å². The summed E-state index contributed by atoms with van der Waals surface area (Å²) < 4.78 is 33.6. The molecule has 0 aliphatic rings. The molecule has 0 aromatic heterocycles. The van der Waals surface area contributed by atoms with E-state index in [1.54, 1.807) is 25.1 Å². The third-order valence-corrected chi connectivity index (χ3v) is 6.55. The Morgan fingerprint density at radius 1 is 0.909 bits per heavy atom. The molecule has 0 saturated heterocycles. The maximum absolute atomic E-state index is 12.7. The van der Waals surface area contributed by atoms with Crippen molar-refractivity contribution in [2.75, 3.05) is 16.6 Å². The number of anilines is 2. The lowest BCUT2D eigenvalue weighted by atomic mass is 10.1. The molecule has 174 valence electrons. The van der Waals surface area contributed by atoms with E-state index in [0.717, 1.165) is 24.8 Å². The number of nitrogens with one attached hydrogen (secondary N) is 2. The van der Waals surface area contributed by atoms with Crippen LogP contribution in [0.2, 0.25) is 0 Å². The number of hydrogen-bond acceptors (Lipinski definition) is 4. The summed E-state index contributed by atoms with van der Waals surface area (Å²) in [5.74, 6) is 0.169. The van der Waals surface area contributed by atoms with Crippen molar-refractivity contribution in [1.29, 1.82) is 0 Å². The maximum Gasteiger partial charge on any atom is 0.262 e. The van der Waals surface area contributed by atoms with Crippen LogP contribution in [0.5, 0.6) is 5.75 Å². The Bertz CT molecular complexity index is 1190. The number of benzene rings is 3. The van der Waals surface area contributed by atoms with Gasteiger partial charge in [-0.2, -0.15) is 0 Å². The van der Waals surface area contributed by atoms with E-state index in [4.69, 9.17) is 4.74 Å². The third kappa shape index (κ3) is 7.08. The highest BCUT2D eigenvalue weighted by molar-refractivity contribution is 7.92. The van der Waals surface area contributed by atoms with Crippen molar-refractivity contribution in [3.05, 3.63) is 83.4 Å². The largest absolute Gasteiger partial charge is 0.483 e. The highest BCUT2D eigenvalue weighted by Gasteiger charge is 2.16. The molecule has 0 radical (unpaired) electrons. The molecule has 3 rings (SSSR count). The first-order valence-corrected chi connectivity index (χ1v) is 12.5. The third-order valence-electron chi connectivity index (χ3n) is 5.18. The molecule has 0 saturated carbocycles. The second-order valence-corrected chi connectivity index (χ2v) is 9.72. The topological polar surface area (TPSA) is 84.5 Å². The summed E-state index contributed by atoms with van der Waals surface area (Å²) >= 11 is 0. The van der Waals surface area contributed by atoms with E-state index in [1.807, 2.05) is 43.3 Å². The summed E-state index contributed by atoms with van der Waals surface area (Å²) in [6.07, 6.45) is 3.31. The van der Waals surface area contributed by atoms with E-state index in [-0.39, 0.29) is 17.4 Å². The number of carbonyl (C=O) groups is 1. The van der Waals surface area contributed by atoms with Crippen LogP contribution in [0.3, 0.4) is 0 Å². The van der Waals surface area contributed by atoms with Gasteiger partial charge in [-0.1, -0.05) is 43.2 Å². The van der Waals surface area contributed by atoms with Crippen molar-refractivity contribution in [2.45, 2.75) is 44.9 Å². The summed E-state index contributed by atoms with van der Waals surface area (Å²) in [7, 11) is -3.73. The molecular formula is C26H30N2O4S. The average molecular weight is 467 g/mol. The zero-order chi connectivity index (χ0) is 23.8. The number of rotatable bonds is 10. The van der Waals surface area contributed by atoms with Gasteiger partial charge in [0.05, 0.1) is 4.90 Å². The molecule has 3 aromatic rings. The monoisotopic (exact) mass is 466 g/mol. The lowest BCUT2D eigenvalue weighted by Gasteiger charge is -2.13. The number of carbonyl (C=O) groups excluding carboxylic acids is 1. The Kier molecular flexibility index (Phi) is 8.11. The minimum atomic E-state index is -3.73. The molecule has 0 aliphatic heterocycles. The molecule has 7 heteroatoms. The first-order chi connectivity index (χ1) is 15.8. The fourth-order valence-corrected chi connectivity index (χ4v) is 4.41. The summed E-state index contributed by atoms with van der Waals surface area (Å²) in [5.41, 5.74) is 4.12. The van der Waals surface area contributed by atoms with E-state index >= 15 is 0 Å². The zero-order valence-corrected chi connectivity index (χ0v) is 20.0. The normalized spacial score (nSPS) is 11.1. The van der Waals surface area contributed by atoms with Crippen LogP contribution in [0.1, 0.15) is 36.5 Å². The average Bonchev–Trinajstić information content (AvgIpc) is 2.79. The molecular weight excluding hydrogens is 436 g/mol. The predicted octanol–water partition coefficient (Wildman–Crippen LogP) is 5.46. The minimum absolute atomic E-state index is 0.125. The first-order valence-electron chi connectivity index (χ1n) is 11.0. The summed E-state index contributed by atoms with van der Waals surface area (Å²) in [4.78, 5) is 12.4. The van der Waals surface area contributed by atoms with E-state index in [0.29, 0.717) is 22.7 Å². The van der Waals surface area contributed by atoms with Gasteiger partial charge in [-0.25, -0.2) is 8.42 Å². The Morgan fingerprint density at radius 2 is 1.58 bits per heavy atom. The van der Waals surface area contributed by atoms with Crippen molar-refractivity contribution in [1.82, 2.24) is 0 Å². The van der Waals surface area contributed by atoms with Crippen LogP contribution in [-0.4, -0.2) is 20.9 Å². The molecule has 0 spiro atoms. The van der Waals surface area contributed by atoms with Crippen LogP contribution >= 0.6 is 0 Å². The molecule has 0 bridgehead atoms. The van der Waals surface area contributed by atoms with Crippen molar-refractivity contribution < 1.29 is 17.9 Å². The molecule has 1 amide bonds. The van der Waals surface area contributed by atoms with Crippen LogP contribution in [0, 0.1) is 13.8 Å². The van der Waals surface area contributed by atoms with Gasteiger partial charge < -0.3 is 10.1 Å². The number of unbranched alkanes of at least 4 members (excludes halogenated alkanes) is 1. The van der Waals surface area contributed by atoms with Gasteiger partial charge in [-0.05, 0) is 80.3 Å². The maximum atomic E-state index is 12.7. The van der Waals surface area contributed by atoms with Crippen molar-refractivity contribution in [3.63, 3.8) is 0 Å². The number of ether oxygens (including phenoxy) is 1. The first kappa shape index (κ1) is 24.3. The quantitative estimate of drug-likeness (QED) is 0.415. The van der Waals surface area contributed by atoms with Crippen LogP contribution in [-0.2, 0) is 21.2 Å². The van der Waals surface area contributed by atoms with Gasteiger partial charge in [0.1, 0.15) is 5.75 Å². The van der Waals surface area contributed by atoms with E-state index < -0.39 is 10.0 Å². The molecule has 6 nitrogen and oxygen atoms in total. The molecule has 3 aromatic carbocycles. The molecule has 33 heavy (non-hydrogen) atoms. The van der Waals surface area contributed by atoms with Gasteiger partial charge >= 0.3 is 0 Å². The van der Waals surface area contributed by atoms with Gasteiger partial charge in [0.2, 0.25) is 0 Å². The fraction of sp³-hybridized carbons (Fsp3) is 0.269. The van der Waals surface area contributed by atoms with Gasteiger partial charge in [0.25, 0.3) is 15.9 Å². The SMILES string of the molecule is CCCCc1ccc(NC(=O)COc2ccc(S(=O)(=O)Nc3ccc(C)cc3)cc2C)cc1. The lowest BCUT2D eigenvalue weighted by molar-refractivity contribution is -0.118. The van der Waals surface area contributed by atoms with Crippen molar-refractivity contribution >= 4 is 27.3 Å². The summed E-state index contributed by atoms with van der Waals surface area (Å²) in [6, 6.07) is 19.5. The molecule has 0 unspecified atom stereocenters.